The molecule has 144 valence electrons. The largest absolute Gasteiger partial charge is 0.378 e. The van der Waals surface area contributed by atoms with Crippen molar-refractivity contribution in [1.29, 1.82) is 0 Å². The minimum atomic E-state index is -1.30. The zero-order valence-electron chi connectivity index (χ0n) is 15.8. The number of rotatable bonds is 2. The summed E-state index contributed by atoms with van der Waals surface area (Å²) in [6, 6.07) is 10.1. The van der Waals surface area contributed by atoms with Crippen LogP contribution >= 0.6 is 0 Å². The molecule has 3 saturated heterocycles. The number of hydrogen-bond acceptors (Lipinski definition) is 4. The van der Waals surface area contributed by atoms with E-state index in [0.717, 1.165) is 43.4 Å². The topological polar surface area (TPSA) is 59.0 Å². The van der Waals surface area contributed by atoms with Gasteiger partial charge >= 0.3 is 0 Å². The predicted molar refractivity (Wildman–Crippen MR) is 100 cm³/mol. The van der Waals surface area contributed by atoms with E-state index in [-0.39, 0.29) is 18.1 Å². The zero-order chi connectivity index (χ0) is 18.6. The molecule has 0 radical (unpaired) electrons. The molecule has 4 aliphatic rings. The van der Waals surface area contributed by atoms with Crippen molar-refractivity contribution >= 4 is 12.0 Å². The lowest BCUT2D eigenvalue weighted by molar-refractivity contribution is -0.423. The van der Waals surface area contributed by atoms with E-state index in [4.69, 9.17) is 9.47 Å². The first-order valence-corrected chi connectivity index (χ1v) is 10.2. The molecule has 3 heterocycles. The maximum atomic E-state index is 12.8. The third-order valence-corrected chi connectivity index (χ3v) is 7.09. The first-order chi connectivity index (χ1) is 13.1. The molecule has 1 spiro atoms. The molecule has 0 bridgehead atoms. The summed E-state index contributed by atoms with van der Waals surface area (Å²) in [7, 11) is 0. The Labute approximate surface area is 160 Å². The summed E-state index contributed by atoms with van der Waals surface area (Å²) >= 11 is 0. The standard InChI is InChI=1S/C22H27NO4/c1-15-26-20(27-15)22(25)18(13-16-7-3-2-4-8-16)14-17-9-5-6-12-23-19(24)10-11-21(17,22)23/h2-4,7-8,13,15,17,20,25H,5-6,9-12,14H2,1H3/b18-13+. The van der Waals surface area contributed by atoms with Crippen LogP contribution in [0.5, 0.6) is 0 Å². The molecule has 1 aliphatic carbocycles. The lowest BCUT2D eigenvalue weighted by atomic mass is 9.72. The van der Waals surface area contributed by atoms with Gasteiger partial charge in [0.15, 0.2) is 18.2 Å². The number of hydrogen-bond donors (Lipinski definition) is 1. The highest BCUT2D eigenvalue weighted by Gasteiger charge is 2.72. The summed E-state index contributed by atoms with van der Waals surface area (Å²) in [4.78, 5) is 14.7. The number of ether oxygens (including phenoxy) is 2. The summed E-state index contributed by atoms with van der Waals surface area (Å²) in [6.45, 7) is 2.56. The van der Waals surface area contributed by atoms with Crippen LogP contribution < -0.4 is 0 Å². The fourth-order valence-electron chi connectivity index (χ4n) is 5.95. The average Bonchev–Trinajstić information content (AvgIpc) is 3.00. The van der Waals surface area contributed by atoms with Crippen LogP contribution in [-0.2, 0) is 14.3 Å². The molecule has 0 aromatic heterocycles. The third kappa shape index (κ3) is 2.31. The summed E-state index contributed by atoms with van der Waals surface area (Å²) in [6.07, 6.45) is 6.14. The van der Waals surface area contributed by atoms with Crippen molar-refractivity contribution in [3.05, 3.63) is 41.5 Å². The van der Waals surface area contributed by atoms with Crippen molar-refractivity contribution in [2.75, 3.05) is 6.54 Å². The van der Waals surface area contributed by atoms with Gasteiger partial charge in [0.25, 0.3) is 0 Å². The number of carbonyl (C=O) groups excluding carboxylic acids is 1. The highest BCUT2D eigenvalue weighted by atomic mass is 16.9. The lowest BCUT2D eigenvalue weighted by Gasteiger charge is -2.54. The molecule has 5 heteroatoms. The van der Waals surface area contributed by atoms with Crippen molar-refractivity contribution in [3.63, 3.8) is 0 Å². The smallest absolute Gasteiger partial charge is 0.223 e. The maximum absolute atomic E-state index is 12.8. The fraction of sp³-hybridized carbons (Fsp3) is 0.591. The molecule has 1 saturated carbocycles. The van der Waals surface area contributed by atoms with Crippen molar-refractivity contribution < 1.29 is 19.4 Å². The molecule has 3 unspecified atom stereocenters. The Morgan fingerprint density at radius 3 is 2.74 bits per heavy atom. The van der Waals surface area contributed by atoms with E-state index >= 15 is 0 Å². The molecular formula is C22H27NO4. The SMILES string of the molecule is CC1OC(C2(O)/C(=C/c3ccccc3)CC3CCCCN4C(=O)CCC342)O1. The van der Waals surface area contributed by atoms with Crippen LogP contribution in [0, 0.1) is 5.92 Å². The summed E-state index contributed by atoms with van der Waals surface area (Å²) in [5, 5.41) is 12.2. The van der Waals surface area contributed by atoms with Gasteiger partial charge < -0.3 is 19.5 Å². The Morgan fingerprint density at radius 2 is 2.00 bits per heavy atom. The first-order valence-electron chi connectivity index (χ1n) is 10.2. The summed E-state index contributed by atoms with van der Waals surface area (Å²) in [5.74, 6) is 0.406. The molecule has 5 rings (SSSR count). The summed E-state index contributed by atoms with van der Waals surface area (Å²) in [5.41, 5.74) is 0.0990. The zero-order valence-corrected chi connectivity index (χ0v) is 15.8. The number of benzene rings is 1. The van der Waals surface area contributed by atoms with Gasteiger partial charge in [-0.25, -0.2) is 0 Å². The minimum absolute atomic E-state index is 0.161. The van der Waals surface area contributed by atoms with Crippen LogP contribution in [0.25, 0.3) is 6.08 Å². The fourth-order valence-corrected chi connectivity index (χ4v) is 5.95. The van der Waals surface area contributed by atoms with E-state index in [1.165, 1.54) is 0 Å². The monoisotopic (exact) mass is 369 g/mol. The molecule has 1 amide bonds. The quantitative estimate of drug-likeness (QED) is 0.870. The van der Waals surface area contributed by atoms with Gasteiger partial charge in [-0.2, -0.15) is 0 Å². The highest BCUT2D eigenvalue weighted by molar-refractivity contribution is 5.81. The Morgan fingerprint density at radius 1 is 1.22 bits per heavy atom. The Bertz CT molecular complexity index is 772. The molecule has 27 heavy (non-hydrogen) atoms. The van der Waals surface area contributed by atoms with E-state index in [1.807, 2.05) is 42.2 Å². The van der Waals surface area contributed by atoms with Gasteiger partial charge in [-0.05, 0) is 49.7 Å². The molecule has 1 aromatic rings. The van der Waals surface area contributed by atoms with Gasteiger partial charge in [0.05, 0.1) is 5.54 Å². The normalized spacial score (nSPS) is 42.6. The molecule has 3 aliphatic heterocycles. The second-order valence-electron chi connectivity index (χ2n) is 8.38. The van der Waals surface area contributed by atoms with Crippen LogP contribution in [0.15, 0.2) is 35.9 Å². The van der Waals surface area contributed by atoms with Crippen LogP contribution in [0.4, 0.5) is 0 Å². The van der Waals surface area contributed by atoms with Crippen LogP contribution in [0.3, 0.4) is 0 Å². The van der Waals surface area contributed by atoms with Gasteiger partial charge in [0, 0.05) is 13.0 Å². The average molecular weight is 369 g/mol. The maximum Gasteiger partial charge on any atom is 0.223 e. The highest BCUT2D eigenvalue weighted by Crippen LogP contribution is 2.61. The molecular weight excluding hydrogens is 342 g/mol. The minimum Gasteiger partial charge on any atom is -0.378 e. The van der Waals surface area contributed by atoms with E-state index in [2.05, 4.69) is 6.08 Å². The molecule has 4 fully saturated rings. The summed E-state index contributed by atoms with van der Waals surface area (Å²) < 4.78 is 11.7. The van der Waals surface area contributed by atoms with Gasteiger partial charge in [0.2, 0.25) is 5.91 Å². The van der Waals surface area contributed by atoms with Gasteiger partial charge in [-0.3, -0.25) is 4.79 Å². The van der Waals surface area contributed by atoms with E-state index in [9.17, 15) is 9.90 Å². The predicted octanol–water partition coefficient (Wildman–Crippen LogP) is 3.09. The Balaban J connectivity index is 1.66. The van der Waals surface area contributed by atoms with Crippen LogP contribution in [-0.4, -0.2) is 46.2 Å². The second-order valence-corrected chi connectivity index (χ2v) is 8.38. The first kappa shape index (κ1) is 17.4. The van der Waals surface area contributed by atoms with Gasteiger partial charge in [0.1, 0.15) is 0 Å². The number of carbonyl (C=O) groups is 1. The van der Waals surface area contributed by atoms with Crippen molar-refractivity contribution in [1.82, 2.24) is 4.90 Å². The number of aliphatic hydroxyl groups is 1. The van der Waals surface area contributed by atoms with Crippen molar-refractivity contribution in [3.8, 4) is 0 Å². The number of amides is 1. The Kier molecular flexibility index (Phi) is 3.97. The van der Waals surface area contributed by atoms with Crippen LogP contribution in [0.1, 0.15) is 51.0 Å². The van der Waals surface area contributed by atoms with E-state index in [1.54, 1.807) is 0 Å². The lowest BCUT2D eigenvalue weighted by Crippen LogP contribution is -2.70. The Hall–Kier alpha value is -1.69. The number of nitrogens with zero attached hydrogens (tertiary/aromatic N) is 1. The van der Waals surface area contributed by atoms with Gasteiger partial charge in [-0.1, -0.05) is 42.8 Å². The van der Waals surface area contributed by atoms with Crippen molar-refractivity contribution in [2.45, 2.75) is 69.2 Å². The van der Waals surface area contributed by atoms with Crippen LogP contribution in [0.2, 0.25) is 0 Å². The van der Waals surface area contributed by atoms with Gasteiger partial charge in [-0.15, -0.1) is 0 Å². The molecule has 1 N–H and O–H groups in total. The second kappa shape index (κ2) is 6.16. The molecule has 3 atom stereocenters. The molecule has 1 aromatic carbocycles. The van der Waals surface area contributed by atoms with E-state index < -0.39 is 17.4 Å². The third-order valence-electron chi connectivity index (χ3n) is 7.09. The van der Waals surface area contributed by atoms with E-state index in [0.29, 0.717) is 12.8 Å². The molecule has 5 nitrogen and oxygen atoms in total. The van der Waals surface area contributed by atoms with Crippen molar-refractivity contribution in [2.24, 2.45) is 5.92 Å².